The van der Waals surface area contributed by atoms with E-state index in [0.717, 1.165) is 5.56 Å². The van der Waals surface area contributed by atoms with Gasteiger partial charge in [0.15, 0.2) is 5.75 Å². The third kappa shape index (κ3) is 4.43. The average molecular weight is 402 g/mol. The van der Waals surface area contributed by atoms with Gasteiger partial charge in [-0.2, -0.15) is 0 Å². The first kappa shape index (κ1) is 19.5. The van der Waals surface area contributed by atoms with Crippen LogP contribution in [-0.4, -0.2) is 25.0 Å². The summed E-state index contributed by atoms with van der Waals surface area (Å²) >= 11 is 0. The van der Waals surface area contributed by atoms with Gasteiger partial charge in [0.25, 0.3) is 0 Å². The molecule has 3 aromatic carbocycles. The van der Waals surface area contributed by atoms with Gasteiger partial charge in [0.05, 0.1) is 24.4 Å². The summed E-state index contributed by atoms with van der Waals surface area (Å²) in [5.74, 6) is 1.33. The van der Waals surface area contributed by atoms with Crippen LogP contribution in [-0.2, 0) is 9.59 Å². The third-order valence-electron chi connectivity index (χ3n) is 4.74. The number of benzene rings is 3. The lowest BCUT2D eigenvalue weighted by molar-refractivity contribution is -0.121. The first-order chi connectivity index (χ1) is 14.6. The topological polar surface area (TPSA) is 67.9 Å². The molecule has 0 radical (unpaired) electrons. The van der Waals surface area contributed by atoms with Crippen LogP contribution in [0.2, 0.25) is 0 Å². The zero-order valence-corrected chi connectivity index (χ0v) is 16.6. The fourth-order valence-corrected chi connectivity index (χ4v) is 3.22. The van der Waals surface area contributed by atoms with Gasteiger partial charge in [-0.25, -0.2) is 0 Å². The summed E-state index contributed by atoms with van der Waals surface area (Å²) in [5.41, 5.74) is 2.27. The molecule has 0 unspecified atom stereocenters. The number of carbonyl (C=O) groups excluding carboxylic acids is 2. The number of hydrogen-bond donors (Lipinski definition) is 1. The standard InChI is InChI=1S/C24H22N2O4/c1-17-10-12-18(13-11-17)30-21-8-4-2-6-19(21)25-23(27)16-26-20-7-3-5-9-22(20)29-15-14-24(26)28/h2-13H,14-16H2,1H3,(H,25,27). The highest BCUT2D eigenvalue weighted by Gasteiger charge is 2.25. The number of anilines is 2. The van der Waals surface area contributed by atoms with Crippen LogP contribution in [0.25, 0.3) is 0 Å². The zero-order valence-electron chi connectivity index (χ0n) is 16.6. The van der Waals surface area contributed by atoms with Gasteiger partial charge in [-0.3, -0.25) is 14.5 Å². The van der Waals surface area contributed by atoms with Crippen molar-refractivity contribution >= 4 is 23.2 Å². The summed E-state index contributed by atoms with van der Waals surface area (Å²) in [5, 5.41) is 2.86. The third-order valence-corrected chi connectivity index (χ3v) is 4.74. The van der Waals surface area contributed by atoms with Gasteiger partial charge in [-0.1, -0.05) is 42.0 Å². The molecule has 6 heteroatoms. The molecule has 1 heterocycles. The minimum atomic E-state index is -0.319. The maximum Gasteiger partial charge on any atom is 0.244 e. The molecule has 0 atom stereocenters. The van der Waals surface area contributed by atoms with E-state index in [0.29, 0.717) is 35.2 Å². The van der Waals surface area contributed by atoms with Crippen molar-refractivity contribution in [2.24, 2.45) is 0 Å². The molecule has 3 aromatic rings. The number of hydrogen-bond acceptors (Lipinski definition) is 4. The lowest BCUT2D eigenvalue weighted by Crippen LogP contribution is -2.37. The smallest absolute Gasteiger partial charge is 0.244 e. The number of nitrogens with zero attached hydrogens (tertiary/aromatic N) is 1. The van der Waals surface area contributed by atoms with E-state index in [1.165, 1.54) is 4.90 Å². The molecular formula is C24H22N2O4. The van der Waals surface area contributed by atoms with Gasteiger partial charge >= 0.3 is 0 Å². The first-order valence-electron chi connectivity index (χ1n) is 9.76. The second-order valence-corrected chi connectivity index (χ2v) is 7.01. The Morgan fingerprint density at radius 2 is 1.77 bits per heavy atom. The fourth-order valence-electron chi connectivity index (χ4n) is 3.22. The minimum absolute atomic E-state index is 0.113. The predicted molar refractivity (Wildman–Crippen MR) is 115 cm³/mol. The summed E-state index contributed by atoms with van der Waals surface area (Å²) in [7, 11) is 0. The number of rotatable bonds is 5. The van der Waals surface area contributed by atoms with Crippen molar-refractivity contribution in [3.05, 3.63) is 78.4 Å². The molecule has 1 N–H and O–H groups in total. The Labute approximate surface area is 175 Å². The number of carbonyl (C=O) groups is 2. The van der Waals surface area contributed by atoms with Crippen LogP contribution in [0.4, 0.5) is 11.4 Å². The summed E-state index contributed by atoms with van der Waals surface area (Å²) < 4.78 is 11.6. The van der Waals surface area contributed by atoms with Gasteiger partial charge in [0.2, 0.25) is 11.8 Å². The van der Waals surface area contributed by atoms with Crippen LogP contribution in [0.3, 0.4) is 0 Å². The highest BCUT2D eigenvalue weighted by atomic mass is 16.5. The number of aryl methyl sites for hydroxylation is 1. The van der Waals surface area contributed by atoms with Gasteiger partial charge in [0.1, 0.15) is 18.0 Å². The molecule has 0 fully saturated rings. The molecule has 4 rings (SSSR count). The average Bonchev–Trinajstić information content (AvgIpc) is 2.90. The largest absolute Gasteiger partial charge is 0.491 e. The van der Waals surface area contributed by atoms with Gasteiger partial charge in [-0.15, -0.1) is 0 Å². The molecule has 2 amide bonds. The number of ether oxygens (including phenoxy) is 2. The van der Waals surface area contributed by atoms with Crippen LogP contribution >= 0.6 is 0 Å². The number of nitrogens with one attached hydrogen (secondary N) is 1. The van der Waals surface area contributed by atoms with Crippen LogP contribution in [0.15, 0.2) is 72.8 Å². The van der Waals surface area contributed by atoms with E-state index in [4.69, 9.17) is 9.47 Å². The molecule has 6 nitrogen and oxygen atoms in total. The Balaban J connectivity index is 1.51. The Morgan fingerprint density at radius 3 is 2.60 bits per heavy atom. The quantitative estimate of drug-likeness (QED) is 0.680. The van der Waals surface area contributed by atoms with Crippen molar-refractivity contribution in [3.8, 4) is 17.2 Å². The van der Waals surface area contributed by atoms with Crippen LogP contribution in [0.1, 0.15) is 12.0 Å². The fraction of sp³-hybridized carbons (Fsp3) is 0.167. The van der Waals surface area contributed by atoms with Crippen molar-refractivity contribution in [3.63, 3.8) is 0 Å². The monoisotopic (exact) mass is 402 g/mol. The van der Waals surface area contributed by atoms with Crippen molar-refractivity contribution < 1.29 is 19.1 Å². The maximum absolute atomic E-state index is 12.8. The molecule has 0 aromatic heterocycles. The zero-order chi connectivity index (χ0) is 20.9. The van der Waals surface area contributed by atoms with E-state index in [1.54, 1.807) is 24.3 Å². The SMILES string of the molecule is Cc1ccc(Oc2ccccc2NC(=O)CN2C(=O)CCOc3ccccc32)cc1. The van der Waals surface area contributed by atoms with Gasteiger partial charge in [0, 0.05) is 0 Å². The van der Waals surface area contributed by atoms with Crippen molar-refractivity contribution in [2.75, 3.05) is 23.4 Å². The van der Waals surface area contributed by atoms with E-state index in [9.17, 15) is 9.59 Å². The molecule has 0 bridgehead atoms. The van der Waals surface area contributed by atoms with E-state index in [2.05, 4.69) is 5.32 Å². The molecule has 0 spiro atoms. The summed E-state index contributed by atoms with van der Waals surface area (Å²) in [6, 6.07) is 22.1. The van der Waals surface area contributed by atoms with Crippen molar-refractivity contribution in [1.29, 1.82) is 0 Å². The Hall–Kier alpha value is -3.80. The number of fused-ring (bicyclic) bond motifs is 1. The molecule has 152 valence electrons. The molecule has 1 aliphatic heterocycles. The second-order valence-electron chi connectivity index (χ2n) is 7.01. The number of para-hydroxylation sites is 4. The Kier molecular flexibility index (Phi) is 5.66. The summed E-state index contributed by atoms with van der Waals surface area (Å²) in [6.45, 7) is 2.19. The Morgan fingerprint density at radius 1 is 1.03 bits per heavy atom. The number of amides is 2. The van der Waals surface area contributed by atoms with E-state index < -0.39 is 0 Å². The van der Waals surface area contributed by atoms with Gasteiger partial charge < -0.3 is 14.8 Å². The first-order valence-corrected chi connectivity index (χ1v) is 9.76. The van der Waals surface area contributed by atoms with E-state index >= 15 is 0 Å². The van der Waals surface area contributed by atoms with Crippen LogP contribution < -0.4 is 19.7 Å². The minimum Gasteiger partial charge on any atom is -0.491 e. The normalized spacial score (nSPS) is 13.1. The molecule has 1 aliphatic rings. The molecule has 0 saturated heterocycles. The van der Waals surface area contributed by atoms with Crippen LogP contribution in [0, 0.1) is 6.92 Å². The van der Waals surface area contributed by atoms with E-state index in [1.807, 2.05) is 55.5 Å². The van der Waals surface area contributed by atoms with Crippen molar-refractivity contribution in [1.82, 2.24) is 0 Å². The second kappa shape index (κ2) is 8.69. The van der Waals surface area contributed by atoms with E-state index in [-0.39, 0.29) is 24.8 Å². The van der Waals surface area contributed by atoms with Gasteiger partial charge in [-0.05, 0) is 43.3 Å². The molecular weight excluding hydrogens is 380 g/mol. The maximum atomic E-state index is 12.8. The highest BCUT2D eigenvalue weighted by Crippen LogP contribution is 2.32. The molecule has 30 heavy (non-hydrogen) atoms. The predicted octanol–water partition coefficient (Wildman–Crippen LogP) is 4.54. The lowest BCUT2D eigenvalue weighted by atomic mass is 10.2. The molecule has 0 saturated carbocycles. The Bertz CT molecular complexity index is 1060. The summed E-state index contributed by atoms with van der Waals surface area (Å²) in [4.78, 5) is 26.8. The van der Waals surface area contributed by atoms with Crippen molar-refractivity contribution in [2.45, 2.75) is 13.3 Å². The lowest BCUT2D eigenvalue weighted by Gasteiger charge is -2.21. The van der Waals surface area contributed by atoms with Crippen LogP contribution in [0.5, 0.6) is 17.2 Å². The highest BCUT2D eigenvalue weighted by molar-refractivity contribution is 6.04. The molecule has 0 aliphatic carbocycles. The summed E-state index contributed by atoms with van der Waals surface area (Å²) in [6.07, 6.45) is 0.217.